The van der Waals surface area contributed by atoms with Crippen molar-refractivity contribution in [3.63, 3.8) is 0 Å². The normalized spacial score (nSPS) is 16.1. The molecule has 1 aliphatic heterocycles. The lowest BCUT2D eigenvalue weighted by atomic mass is 10.2. The third-order valence-corrected chi connectivity index (χ3v) is 6.61. The van der Waals surface area contributed by atoms with Gasteiger partial charge in [0.2, 0.25) is 5.95 Å². The summed E-state index contributed by atoms with van der Waals surface area (Å²) >= 11 is 6.28. The number of nitrogens with one attached hydrogen (secondary N) is 2. The van der Waals surface area contributed by atoms with Crippen molar-refractivity contribution in [2.24, 2.45) is 0 Å². The molecule has 172 valence electrons. The van der Waals surface area contributed by atoms with Gasteiger partial charge in [-0.15, -0.1) is 0 Å². The molecule has 9 heteroatoms. The highest BCUT2D eigenvalue weighted by atomic mass is 35.5. The lowest BCUT2D eigenvalue weighted by molar-refractivity contribution is 0.0746. The zero-order valence-electron chi connectivity index (χ0n) is 18.5. The van der Waals surface area contributed by atoms with Gasteiger partial charge in [-0.2, -0.15) is 10.1 Å². The molecule has 1 saturated heterocycles. The first-order valence-electron chi connectivity index (χ1n) is 11.5. The van der Waals surface area contributed by atoms with Crippen molar-refractivity contribution in [3.05, 3.63) is 70.9 Å². The average Bonchev–Trinajstić information content (AvgIpc) is 3.63. The Morgan fingerprint density at radius 1 is 1.00 bits per heavy atom. The number of nitrogens with zero attached hydrogens (tertiary/aromatic N) is 5. The van der Waals surface area contributed by atoms with Crippen LogP contribution in [0.1, 0.15) is 34.8 Å². The predicted molar refractivity (Wildman–Crippen MR) is 133 cm³/mol. The van der Waals surface area contributed by atoms with Crippen LogP contribution in [-0.2, 0) is 0 Å². The maximum atomic E-state index is 12.8. The summed E-state index contributed by atoms with van der Waals surface area (Å²) in [5.41, 5.74) is 2.67. The van der Waals surface area contributed by atoms with E-state index in [0.717, 1.165) is 22.4 Å². The molecular formula is C25H24ClN7O. The van der Waals surface area contributed by atoms with Crippen LogP contribution in [0.4, 0.5) is 17.6 Å². The van der Waals surface area contributed by atoms with Crippen LogP contribution in [0.25, 0.3) is 10.9 Å². The monoisotopic (exact) mass is 473 g/mol. The van der Waals surface area contributed by atoms with E-state index in [1.54, 1.807) is 0 Å². The Bertz CT molecular complexity index is 1340. The Morgan fingerprint density at radius 2 is 1.79 bits per heavy atom. The lowest BCUT2D eigenvalue weighted by Gasteiger charge is -2.35. The molecule has 8 nitrogen and oxygen atoms in total. The van der Waals surface area contributed by atoms with E-state index in [2.05, 4.69) is 20.4 Å². The Morgan fingerprint density at radius 3 is 2.56 bits per heavy atom. The Labute approximate surface area is 202 Å². The van der Waals surface area contributed by atoms with Gasteiger partial charge in [-0.05, 0) is 43.2 Å². The van der Waals surface area contributed by atoms with Gasteiger partial charge in [-0.25, -0.2) is 4.98 Å². The van der Waals surface area contributed by atoms with Crippen LogP contribution >= 0.6 is 11.6 Å². The quantitative estimate of drug-likeness (QED) is 0.440. The van der Waals surface area contributed by atoms with Crippen LogP contribution < -0.4 is 10.2 Å². The van der Waals surface area contributed by atoms with Gasteiger partial charge in [0, 0.05) is 59.8 Å². The second kappa shape index (κ2) is 8.61. The molecule has 2 aliphatic rings. The van der Waals surface area contributed by atoms with Gasteiger partial charge in [0.25, 0.3) is 5.91 Å². The summed E-state index contributed by atoms with van der Waals surface area (Å²) in [6.07, 6.45) is 2.41. The highest BCUT2D eigenvalue weighted by Gasteiger charge is 2.26. The first-order chi connectivity index (χ1) is 16.6. The first kappa shape index (κ1) is 20.9. The maximum absolute atomic E-state index is 12.8. The Hall–Kier alpha value is -3.65. The third kappa shape index (κ3) is 4.17. The fourth-order valence-corrected chi connectivity index (χ4v) is 4.50. The van der Waals surface area contributed by atoms with E-state index in [-0.39, 0.29) is 5.91 Å². The van der Waals surface area contributed by atoms with E-state index in [1.165, 1.54) is 12.8 Å². The highest BCUT2D eigenvalue weighted by Crippen LogP contribution is 2.40. The molecule has 1 aliphatic carbocycles. The van der Waals surface area contributed by atoms with Gasteiger partial charge < -0.3 is 15.1 Å². The smallest absolute Gasteiger partial charge is 0.253 e. The molecule has 2 fully saturated rings. The van der Waals surface area contributed by atoms with Crippen molar-refractivity contribution >= 4 is 46.0 Å². The molecule has 2 N–H and O–H groups in total. The molecule has 6 rings (SSSR count). The fraction of sp³-hybridized carbons (Fsp3) is 0.280. The van der Waals surface area contributed by atoms with Crippen molar-refractivity contribution in [1.82, 2.24) is 25.1 Å². The summed E-state index contributed by atoms with van der Waals surface area (Å²) in [7, 11) is 0. The van der Waals surface area contributed by atoms with Crippen molar-refractivity contribution in [2.45, 2.75) is 18.8 Å². The van der Waals surface area contributed by atoms with Crippen LogP contribution in [-0.4, -0.2) is 57.2 Å². The van der Waals surface area contributed by atoms with E-state index >= 15 is 0 Å². The number of hydrogen-bond donors (Lipinski definition) is 2. The molecule has 0 bridgehead atoms. The number of carbonyl (C=O) groups excluding carboxylic acids is 1. The van der Waals surface area contributed by atoms with Crippen molar-refractivity contribution in [1.29, 1.82) is 0 Å². The molecule has 4 aromatic rings. The highest BCUT2D eigenvalue weighted by molar-refractivity contribution is 6.31. The Balaban J connectivity index is 1.25. The van der Waals surface area contributed by atoms with Crippen LogP contribution in [0, 0.1) is 0 Å². The minimum Gasteiger partial charge on any atom is -0.337 e. The lowest BCUT2D eigenvalue weighted by Crippen LogP contribution is -2.49. The Kier molecular flexibility index (Phi) is 5.30. The summed E-state index contributed by atoms with van der Waals surface area (Å²) in [5, 5.41) is 12.4. The maximum Gasteiger partial charge on any atom is 0.253 e. The zero-order chi connectivity index (χ0) is 23.1. The van der Waals surface area contributed by atoms with Gasteiger partial charge in [-0.3, -0.25) is 9.89 Å². The third-order valence-electron chi connectivity index (χ3n) is 6.38. The van der Waals surface area contributed by atoms with E-state index in [4.69, 9.17) is 21.6 Å². The molecule has 3 heterocycles. The average molecular weight is 474 g/mol. The molecule has 0 unspecified atom stereocenters. The van der Waals surface area contributed by atoms with Gasteiger partial charge in [0.1, 0.15) is 5.82 Å². The van der Waals surface area contributed by atoms with Crippen LogP contribution in [0.5, 0.6) is 0 Å². The van der Waals surface area contributed by atoms with Crippen LogP contribution in [0.2, 0.25) is 5.02 Å². The second-order valence-electron chi connectivity index (χ2n) is 8.79. The van der Waals surface area contributed by atoms with Gasteiger partial charge in [0.15, 0.2) is 5.82 Å². The number of H-pyrrole nitrogens is 1. The molecule has 1 amide bonds. The number of fused-ring (bicyclic) bond motifs is 1. The number of halogens is 1. The number of anilines is 3. The molecule has 1 saturated carbocycles. The van der Waals surface area contributed by atoms with Gasteiger partial charge in [0.05, 0.1) is 5.52 Å². The number of aromatic nitrogens is 4. The van der Waals surface area contributed by atoms with E-state index < -0.39 is 0 Å². The van der Waals surface area contributed by atoms with E-state index in [1.807, 2.05) is 59.5 Å². The van der Waals surface area contributed by atoms with Crippen LogP contribution in [0.15, 0.2) is 54.6 Å². The van der Waals surface area contributed by atoms with Gasteiger partial charge >= 0.3 is 0 Å². The second-order valence-corrected chi connectivity index (χ2v) is 9.22. The summed E-state index contributed by atoms with van der Waals surface area (Å²) in [4.78, 5) is 26.5. The topological polar surface area (TPSA) is 90.0 Å². The summed E-state index contributed by atoms with van der Waals surface area (Å²) in [6, 6.07) is 17.1. The molecule has 2 aromatic heterocycles. The predicted octanol–water partition coefficient (Wildman–Crippen LogP) is 4.59. The molecule has 0 atom stereocenters. The number of piperazine rings is 1. The van der Waals surface area contributed by atoms with E-state index in [0.29, 0.717) is 54.4 Å². The zero-order valence-corrected chi connectivity index (χ0v) is 19.3. The van der Waals surface area contributed by atoms with E-state index in [9.17, 15) is 4.79 Å². The number of hydrogen-bond acceptors (Lipinski definition) is 6. The largest absolute Gasteiger partial charge is 0.337 e. The minimum atomic E-state index is 0.0571. The van der Waals surface area contributed by atoms with Crippen molar-refractivity contribution in [3.8, 4) is 0 Å². The number of amides is 1. The number of aromatic amines is 1. The SMILES string of the molecule is O=C(c1ccccc1)N1CCN(c2nc(Nc3cc(C4CC4)[nH]n3)c3cc(Cl)ccc3n2)CC1. The fourth-order valence-electron chi connectivity index (χ4n) is 4.32. The summed E-state index contributed by atoms with van der Waals surface area (Å²) in [5.74, 6) is 2.67. The first-order valence-corrected chi connectivity index (χ1v) is 11.9. The van der Waals surface area contributed by atoms with Crippen molar-refractivity contribution < 1.29 is 4.79 Å². The molecule has 2 aromatic carbocycles. The molecule has 0 radical (unpaired) electrons. The minimum absolute atomic E-state index is 0.0571. The standard InChI is InChI=1S/C25H24ClN7O/c26-18-8-9-20-19(14-18)23(28-22-15-21(30-31-22)16-6-7-16)29-25(27-20)33-12-10-32(11-13-33)24(34)17-4-2-1-3-5-17/h1-5,8-9,14-16H,6-7,10-13H2,(H2,27,28,29,30,31). The number of rotatable bonds is 5. The van der Waals surface area contributed by atoms with Crippen molar-refractivity contribution in [2.75, 3.05) is 36.4 Å². The molecule has 0 spiro atoms. The summed E-state index contributed by atoms with van der Waals surface area (Å²) < 4.78 is 0. The number of benzene rings is 2. The van der Waals surface area contributed by atoms with Gasteiger partial charge in [-0.1, -0.05) is 29.8 Å². The van der Waals surface area contributed by atoms with Crippen LogP contribution in [0.3, 0.4) is 0 Å². The molecular weight excluding hydrogens is 450 g/mol. The molecule has 34 heavy (non-hydrogen) atoms. The summed E-state index contributed by atoms with van der Waals surface area (Å²) in [6.45, 7) is 2.54. The number of carbonyl (C=O) groups is 1.